The highest BCUT2D eigenvalue weighted by molar-refractivity contribution is 6.03. The number of carbonyl (C=O) groups excluding carboxylic acids is 1. The van der Waals surface area contributed by atoms with Crippen LogP contribution in [0.4, 0.5) is 11.5 Å². The Bertz CT molecular complexity index is 1010. The fourth-order valence-electron chi connectivity index (χ4n) is 3.74. The van der Waals surface area contributed by atoms with Crippen LogP contribution in [0.2, 0.25) is 0 Å². The smallest absolute Gasteiger partial charge is 0.256 e. The molecule has 0 spiro atoms. The molecule has 7 nitrogen and oxygen atoms in total. The lowest BCUT2D eigenvalue weighted by molar-refractivity contribution is 0.102. The van der Waals surface area contributed by atoms with E-state index in [2.05, 4.69) is 38.4 Å². The van der Waals surface area contributed by atoms with Gasteiger partial charge in [-0.05, 0) is 61.9 Å². The van der Waals surface area contributed by atoms with Crippen molar-refractivity contribution in [1.82, 2.24) is 15.1 Å². The minimum atomic E-state index is -0.157. The molecule has 1 aliphatic rings. The number of benzene rings is 2. The number of anilines is 2. The minimum Gasteiger partial charge on any atom is -0.497 e. The highest BCUT2D eigenvalue weighted by Crippen LogP contribution is 2.18. The van der Waals surface area contributed by atoms with E-state index in [-0.39, 0.29) is 5.91 Å². The molecule has 2 aromatic carbocycles. The third-order valence-electron chi connectivity index (χ3n) is 5.69. The number of nitrogens with zero attached hydrogens (tertiary/aromatic N) is 3. The maximum atomic E-state index is 12.6. The first-order valence-corrected chi connectivity index (χ1v) is 10.6. The third-order valence-corrected chi connectivity index (χ3v) is 5.69. The second-order valence-corrected chi connectivity index (χ2v) is 7.92. The Hall–Kier alpha value is -3.32. The van der Waals surface area contributed by atoms with Crippen LogP contribution in [-0.2, 0) is 12.8 Å². The number of likely N-dealkylation sites (N-methyl/N-ethyl adjacent to an activating group) is 1. The predicted molar refractivity (Wildman–Crippen MR) is 123 cm³/mol. The molecule has 3 aromatic rings. The topological polar surface area (TPSA) is 73.5 Å². The molecule has 4 rings (SSSR count). The zero-order valence-electron chi connectivity index (χ0n) is 18.1. The fraction of sp³-hybridized carbons (Fsp3) is 0.333. The standard InChI is InChI=1S/C24H29N5O2/c1-28-12-14-29(15-13-28)21-10-7-19(8-11-21)24(30)25-23-17-20(26-27-23)9-6-18-4-3-5-22(16-18)31-2/h3-5,7-8,10-11,16-17H,6,9,12-15H2,1-2H3,(H2,25,26,27,30). The zero-order chi connectivity index (χ0) is 21.6. The van der Waals surface area contributed by atoms with Gasteiger partial charge in [0.2, 0.25) is 0 Å². The Morgan fingerprint density at radius 3 is 2.58 bits per heavy atom. The van der Waals surface area contributed by atoms with Gasteiger partial charge in [-0.2, -0.15) is 5.10 Å². The third kappa shape index (κ3) is 5.44. The number of nitrogens with one attached hydrogen (secondary N) is 2. The van der Waals surface area contributed by atoms with Crippen LogP contribution in [0.5, 0.6) is 5.75 Å². The van der Waals surface area contributed by atoms with Crippen LogP contribution in [0, 0.1) is 0 Å². The molecule has 0 atom stereocenters. The van der Waals surface area contributed by atoms with Crippen molar-refractivity contribution in [1.29, 1.82) is 0 Å². The highest BCUT2D eigenvalue weighted by atomic mass is 16.5. The Morgan fingerprint density at radius 2 is 1.84 bits per heavy atom. The number of hydrogen-bond donors (Lipinski definition) is 2. The van der Waals surface area contributed by atoms with Crippen molar-refractivity contribution < 1.29 is 9.53 Å². The van der Waals surface area contributed by atoms with E-state index in [4.69, 9.17) is 4.74 Å². The minimum absolute atomic E-state index is 0.157. The lowest BCUT2D eigenvalue weighted by atomic mass is 10.1. The van der Waals surface area contributed by atoms with Crippen LogP contribution in [0.25, 0.3) is 0 Å². The first-order valence-electron chi connectivity index (χ1n) is 10.6. The van der Waals surface area contributed by atoms with Gasteiger partial charge in [0.1, 0.15) is 5.75 Å². The molecule has 7 heteroatoms. The first kappa shape index (κ1) is 20.9. The molecule has 0 aliphatic carbocycles. The maximum absolute atomic E-state index is 12.6. The second-order valence-electron chi connectivity index (χ2n) is 7.92. The predicted octanol–water partition coefficient (Wildman–Crippen LogP) is 3.21. The van der Waals surface area contributed by atoms with Gasteiger partial charge >= 0.3 is 0 Å². The van der Waals surface area contributed by atoms with E-state index < -0.39 is 0 Å². The van der Waals surface area contributed by atoms with Gasteiger partial charge < -0.3 is 19.9 Å². The number of carbonyl (C=O) groups is 1. The average Bonchev–Trinajstić information content (AvgIpc) is 3.25. The van der Waals surface area contributed by atoms with E-state index in [9.17, 15) is 4.79 Å². The molecule has 0 unspecified atom stereocenters. The van der Waals surface area contributed by atoms with Gasteiger partial charge in [0, 0.05) is 49.2 Å². The molecule has 2 heterocycles. The van der Waals surface area contributed by atoms with Crippen LogP contribution < -0.4 is 15.0 Å². The molecule has 1 saturated heterocycles. The molecule has 1 aliphatic heterocycles. The summed E-state index contributed by atoms with van der Waals surface area (Å²) in [6, 6.07) is 17.7. The van der Waals surface area contributed by atoms with Crippen molar-refractivity contribution in [2.75, 3.05) is 50.6 Å². The Labute approximate surface area is 183 Å². The molecule has 0 saturated carbocycles. The molecule has 0 radical (unpaired) electrons. The van der Waals surface area contributed by atoms with Gasteiger partial charge in [0.15, 0.2) is 5.82 Å². The summed E-state index contributed by atoms with van der Waals surface area (Å²) in [7, 11) is 3.81. The summed E-state index contributed by atoms with van der Waals surface area (Å²) < 4.78 is 5.27. The molecule has 162 valence electrons. The summed E-state index contributed by atoms with van der Waals surface area (Å²) in [5.74, 6) is 1.23. The number of aromatic amines is 1. The summed E-state index contributed by atoms with van der Waals surface area (Å²) in [6.07, 6.45) is 1.66. The van der Waals surface area contributed by atoms with Crippen LogP contribution in [0.1, 0.15) is 21.6 Å². The van der Waals surface area contributed by atoms with Gasteiger partial charge in [0.05, 0.1) is 7.11 Å². The van der Waals surface area contributed by atoms with E-state index in [0.717, 1.165) is 56.2 Å². The summed E-state index contributed by atoms with van der Waals surface area (Å²) in [5.41, 5.74) is 3.95. The normalized spacial score (nSPS) is 14.5. The number of H-pyrrole nitrogens is 1. The van der Waals surface area contributed by atoms with Crippen molar-refractivity contribution in [3.8, 4) is 5.75 Å². The van der Waals surface area contributed by atoms with E-state index in [0.29, 0.717) is 11.4 Å². The Balaban J connectivity index is 1.31. The number of ether oxygens (including phenoxy) is 1. The monoisotopic (exact) mass is 419 g/mol. The van der Waals surface area contributed by atoms with Crippen molar-refractivity contribution in [2.24, 2.45) is 0 Å². The van der Waals surface area contributed by atoms with Gasteiger partial charge in [-0.25, -0.2) is 0 Å². The van der Waals surface area contributed by atoms with Crippen molar-refractivity contribution >= 4 is 17.4 Å². The number of rotatable bonds is 7. The summed E-state index contributed by atoms with van der Waals surface area (Å²) in [6.45, 7) is 4.13. The molecular formula is C24H29N5O2. The summed E-state index contributed by atoms with van der Waals surface area (Å²) in [4.78, 5) is 17.3. The number of aryl methyl sites for hydroxylation is 2. The number of methoxy groups -OCH3 is 1. The molecule has 2 N–H and O–H groups in total. The van der Waals surface area contributed by atoms with E-state index in [1.165, 1.54) is 5.56 Å². The zero-order valence-corrected chi connectivity index (χ0v) is 18.1. The SMILES string of the molecule is COc1cccc(CCc2cc(NC(=O)c3ccc(N4CCN(C)CC4)cc3)n[nH]2)c1. The van der Waals surface area contributed by atoms with Gasteiger partial charge in [-0.1, -0.05) is 12.1 Å². The lowest BCUT2D eigenvalue weighted by Gasteiger charge is -2.34. The molecule has 0 bridgehead atoms. The fourth-order valence-corrected chi connectivity index (χ4v) is 3.74. The quantitative estimate of drug-likeness (QED) is 0.615. The maximum Gasteiger partial charge on any atom is 0.256 e. The lowest BCUT2D eigenvalue weighted by Crippen LogP contribution is -2.44. The largest absolute Gasteiger partial charge is 0.497 e. The van der Waals surface area contributed by atoms with E-state index >= 15 is 0 Å². The van der Waals surface area contributed by atoms with E-state index in [1.807, 2.05) is 48.5 Å². The van der Waals surface area contributed by atoms with Crippen LogP contribution >= 0.6 is 0 Å². The van der Waals surface area contributed by atoms with Gasteiger partial charge in [-0.15, -0.1) is 0 Å². The van der Waals surface area contributed by atoms with Crippen LogP contribution in [-0.4, -0.2) is 61.3 Å². The second kappa shape index (κ2) is 9.66. The molecule has 1 aromatic heterocycles. The Morgan fingerprint density at radius 1 is 1.06 bits per heavy atom. The molecule has 1 amide bonds. The van der Waals surface area contributed by atoms with Crippen molar-refractivity contribution in [3.05, 3.63) is 71.4 Å². The molecule has 1 fully saturated rings. The first-order chi connectivity index (χ1) is 15.1. The number of hydrogen-bond acceptors (Lipinski definition) is 5. The van der Waals surface area contributed by atoms with E-state index in [1.54, 1.807) is 7.11 Å². The molecular weight excluding hydrogens is 390 g/mol. The van der Waals surface area contributed by atoms with Crippen molar-refractivity contribution in [3.63, 3.8) is 0 Å². The van der Waals surface area contributed by atoms with Crippen molar-refractivity contribution in [2.45, 2.75) is 12.8 Å². The Kier molecular flexibility index (Phi) is 6.52. The van der Waals surface area contributed by atoms with Gasteiger partial charge in [-0.3, -0.25) is 9.89 Å². The van der Waals surface area contributed by atoms with Crippen LogP contribution in [0.3, 0.4) is 0 Å². The number of amides is 1. The molecule has 31 heavy (non-hydrogen) atoms. The highest BCUT2D eigenvalue weighted by Gasteiger charge is 2.15. The van der Waals surface area contributed by atoms with Gasteiger partial charge in [0.25, 0.3) is 5.91 Å². The average molecular weight is 420 g/mol. The summed E-state index contributed by atoms with van der Waals surface area (Å²) >= 11 is 0. The number of piperazine rings is 1. The summed E-state index contributed by atoms with van der Waals surface area (Å²) in [5, 5.41) is 10.1. The van der Waals surface area contributed by atoms with Crippen LogP contribution in [0.15, 0.2) is 54.6 Å². The number of aromatic nitrogens is 2.